The highest BCUT2D eigenvalue weighted by Gasteiger charge is 2.33. The van der Waals surface area contributed by atoms with Gasteiger partial charge in [-0.2, -0.15) is 37.1 Å². The van der Waals surface area contributed by atoms with Gasteiger partial charge in [0.2, 0.25) is 15.2 Å². The molecule has 0 saturated carbocycles. The molecule has 0 unspecified atom stereocenters. The predicted octanol–water partition coefficient (Wildman–Crippen LogP) is 9.63. The van der Waals surface area contributed by atoms with Crippen LogP contribution in [0.4, 0.5) is 40.2 Å². The molecule has 4 N–H and O–H groups in total. The lowest BCUT2D eigenvalue weighted by atomic mass is 9.90. The van der Waals surface area contributed by atoms with Crippen molar-refractivity contribution in [2.45, 2.75) is 89.3 Å². The number of aryl methyl sites for hydroxylation is 6. The van der Waals surface area contributed by atoms with Crippen molar-refractivity contribution in [2.75, 3.05) is 20.6 Å². The second kappa shape index (κ2) is 19.0. The summed E-state index contributed by atoms with van der Waals surface area (Å²) in [6.45, 7) is 18.1. The monoisotopic (exact) mass is 1090 g/mol. The number of rotatable bonds is 13. The zero-order valence-corrected chi connectivity index (χ0v) is 45.1. The molecule has 73 heavy (non-hydrogen) atoms. The van der Waals surface area contributed by atoms with Gasteiger partial charge in [-0.25, -0.2) is 31.1 Å². The Balaban J connectivity index is 1.43. The van der Waals surface area contributed by atoms with Gasteiger partial charge in [0.15, 0.2) is 17.5 Å². The summed E-state index contributed by atoms with van der Waals surface area (Å²) in [5.74, 6) is -0.315. The lowest BCUT2D eigenvalue weighted by molar-refractivity contribution is 0.479. The molecule has 4 aromatic carbocycles. The molecule has 26 heteroatoms. The van der Waals surface area contributed by atoms with Crippen molar-refractivity contribution >= 4 is 102 Å². The van der Waals surface area contributed by atoms with E-state index in [9.17, 15) is 53.3 Å². The Kier molecular flexibility index (Phi) is 14.0. The van der Waals surface area contributed by atoms with Crippen molar-refractivity contribution in [1.82, 2.24) is 19.7 Å². The average molecular weight is 1090 g/mol. The number of pyridine rings is 1. The van der Waals surface area contributed by atoms with Crippen molar-refractivity contribution in [1.29, 1.82) is 10.5 Å². The highest BCUT2D eigenvalue weighted by molar-refractivity contribution is 7.93. The average Bonchev–Trinajstić information content (AvgIpc) is 3.86. The number of azo groups is 1. The maximum absolute atomic E-state index is 13.9. The minimum absolute atomic E-state index is 0.00496. The maximum atomic E-state index is 13.9. The Morgan fingerprint density at radius 3 is 1.84 bits per heavy atom. The first-order valence-corrected chi connectivity index (χ1v) is 28.6. The Morgan fingerprint density at radius 1 is 0.726 bits per heavy atom. The number of nitriles is 2. The Hall–Kier alpha value is -7.17. The number of anilines is 5. The number of nitrogens with zero attached hydrogens (tertiary/aromatic N) is 9. The smallest absolute Gasteiger partial charge is 0.296 e. The number of sulfonamides is 2. The van der Waals surface area contributed by atoms with E-state index >= 15 is 0 Å². The van der Waals surface area contributed by atoms with Gasteiger partial charge in [0.25, 0.3) is 30.3 Å². The molecule has 7 rings (SSSR count). The Bertz CT molecular complexity index is 4030. The lowest BCUT2D eigenvalue weighted by Crippen LogP contribution is -2.28. The van der Waals surface area contributed by atoms with E-state index in [1.54, 1.807) is 20.8 Å². The molecular formula is C47H47N11O10S5. The zero-order valence-electron chi connectivity index (χ0n) is 41.0. The van der Waals surface area contributed by atoms with Crippen LogP contribution in [-0.4, -0.2) is 68.8 Å². The Morgan fingerprint density at radius 2 is 1.30 bits per heavy atom. The van der Waals surface area contributed by atoms with Gasteiger partial charge < -0.3 is 5.32 Å². The number of aromatic nitrogens is 4. The van der Waals surface area contributed by atoms with Gasteiger partial charge in [0.05, 0.1) is 43.3 Å². The Labute approximate surface area is 426 Å². The molecular weight excluding hydrogens is 1040 g/mol. The summed E-state index contributed by atoms with van der Waals surface area (Å²) in [7, 11) is -19.0. The van der Waals surface area contributed by atoms with E-state index in [4.69, 9.17) is 10.1 Å². The van der Waals surface area contributed by atoms with Crippen molar-refractivity contribution in [2.24, 2.45) is 10.2 Å². The van der Waals surface area contributed by atoms with Crippen LogP contribution in [0.2, 0.25) is 0 Å². The van der Waals surface area contributed by atoms with Gasteiger partial charge in [-0.05, 0) is 107 Å². The molecule has 7 aromatic rings. The molecule has 0 radical (unpaired) electrons. The molecule has 0 saturated heterocycles. The summed E-state index contributed by atoms with van der Waals surface area (Å²) in [5.41, 5.74) is 4.54. The molecule has 0 atom stereocenters. The molecule has 0 bridgehead atoms. The summed E-state index contributed by atoms with van der Waals surface area (Å²) in [4.78, 5) is 7.23. The van der Waals surface area contributed by atoms with E-state index in [-0.39, 0.29) is 60.9 Å². The van der Waals surface area contributed by atoms with E-state index in [1.165, 1.54) is 16.8 Å². The van der Waals surface area contributed by atoms with Gasteiger partial charge in [0, 0.05) is 16.7 Å². The minimum atomic E-state index is -5.11. The third kappa shape index (κ3) is 10.7. The predicted molar refractivity (Wildman–Crippen MR) is 276 cm³/mol. The van der Waals surface area contributed by atoms with Crippen molar-refractivity contribution in [3.63, 3.8) is 0 Å². The third-order valence-corrected chi connectivity index (χ3v) is 16.5. The van der Waals surface area contributed by atoms with Gasteiger partial charge in [-0.15, -0.1) is 10.2 Å². The SMILES string of the molecule is Cc1cc(C)c(Nc2nc(N(c3c(C)cc(C)cc3C)S(C)(=O)=O)c(C#N)c(C)c2N=Nc2c(C#N)c(C(C)(C)C)nn2-c2nc3ccc(S(=O)(=O)Nc4cc(S(=O)(=O)O)ccc4S(=O)(=O)O)cc3s2)c(C)c1. The quantitative estimate of drug-likeness (QED) is 0.0616. The zero-order chi connectivity index (χ0) is 54.1. The summed E-state index contributed by atoms with van der Waals surface area (Å²) in [6, 6.07) is 17.3. The van der Waals surface area contributed by atoms with E-state index in [0.717, 1.165) is 50.2 Å². The van der Waals surface area contributed by atoms with Gasteiger partial charge in [-0.3, -0.25) is 13.8 Å². The van der Waals surface area contributed by atoms with E-state index in [0.29, 0.717) is 40.7 Å². The summed E-state index contributed by atoms with van der Waals surface area (Å²) in [5, 5.41) is 39.0. The van der Waals surface area contributed by atoms with Crippen LogP contribution in [0.3, 0.4) is 0 Å². The number of nitrogens with one attached hydrogen (secondary N) is 2. The third-order valence-electron chi connectivity index (χ3n) is 11.3. The highest BCUT2D eigenvalue weighted by atomic mass is 32.2. The highest BCUT2D eigenvalue weighted by Crippen LogP contribution is 2.44. The molecule has 3 aromatic heterocycles. The summed E-state index contributed by atoms with van der Waals surface area (Å²) >= 11 is 0.914. The fourth-order valence-electron chi connectivity index (χ4n) is 8.27. The second-order valence-corrected chi connectivity index (χ2v) is 25.6. The molecule has 3 heterocycles. The van der Waals surface area contributed by atoms with Crippen molar-refractivity contribution < 1.29 is 42.8 Å². The van der Waals surface area contributed by atoms with Crippen LogP contribution in [-0.2, 0) is 45.7 Å². The second-order valence-electron chi connectivity index (χ2n) is 18.3. The van der Waals surface area contributed by atoms with Crippen LogP contribution in [0.15, 0.2) is 85.6 Å². The minimum Gasteiger partial charge on any atom is -0.338 e. The van der Waals surface area contributed by atoms with Crippen LogP contribution in [0.1, 0.15) is 76.5 Å². The lowest BCUT2D eigenvalue weighted by Gasteiger charge is -2.28. The largest absolute Gasteiger partial charge is 0.338 e. The normalized spacial score (nSPS) is 12.5. The summed E-state index contributed by atoms with van der Waals surface area (Å²) in [6.07, 6.45) is 1.02. The van der Waals surface area contributed by atoms with Gasteiger partial charge in [0.1, 0.15) is 33.8 Å². The number of thiazole rings is 1. The maximum Gasteiger partial charge on any atom is 0.296 e. The number of benzene rings is 4. The molecule has 0 aliphatic rings. The first-order valence-electron chi connectivity index (χ1n) is 21.6. The topological polar surface area (TPSA) is 320 Å². The number of hydrogen-bond donors (Lipinski definition) is 4. The van der Waals surface area contributed by atoms with Crippen LogP contribution in [0, 0.1) is 71.1 Å². The van der Waals surface area contributed by atoms with E-state index in [2.05, 4.69) is 32.7 Å². The van der Waals surface area contributed by atoms with Crippen LogP contribution < -0.4 is 14.3 Å². The fraction of sp³-hybridized carbons (Fsp3) is 0.255. The first-order chi connectivity index (χ1) is 33.7. The van der Waals surface area contributed by atoms with E-state index < -0.39 is 66.1 Å². The molecule has 21 nitrogen and oxygen atoms in total. The molecule has 380 valence electrons. The molecule has 0 spiro atoms. The molecule has 0 fully saturated rings. The molecule has 0 aliphatic carbocycles. The first kappa shape index (κ1) is 53.6. The standard InChI is InChI=1S/C47H47N11O10S5/c1-24-16-26(3)39(27(4)17-24)51-43-40(30(7)33(22-48)44(52-43)58(70(11,59)60)41-28(5)18-25(2)19-29(41)6)53-54-45-34(23-49)42(47(8,9)10)55-57(45)46-50-35-14-12-31(21-37(35)69-46)71(61,62)56-36-20-32(72(63,64)65)13-15-38(36)73(66,67)68/h12-21,56H,1-11H3,(H,51,52)(H,63,64,65)(H,66,67,68). The van der Waals surface area contributed by atoms with Crippen LogP contribution >= 0.6 is 11.3 Å². The van der Waals surface area contributed by atoms with Crippen molar-refractivity contribution in [3.05, 3.63) is 116 Å². The van der Waals surface area contributed by atoms with Crippen LogP contribution in [0.25, 0.3) is 15.3 Å². The fourth-order valence-corrected chi connectivity index (χ4v) is 12.7. The molecule has 0 aliphatic heterocycles. The number of fused-ring (bicyclic) bond motifs is 1. The summed E-state index contributed by atoms with van der Waals surface area (Å²) < 4.78 is 127. The van der Waals surface area contributed by atoms with Gasteiger partial charge >= 0.3 is 0 Å². The molecule has 0 amide bonds. The number of hydrogen-bond acceptors (Lipinski definition) is 17. The van der Waals surface area contributed by atoms with Crippen molar-refractivity contribution in [3.8, 4) is 17.3 Å². The van der Waals surface area contributed by atoms with Crippen LogP contribution in [0.5, 0.6) is 0 Å². The van der Waals surface area contributed by atoms with E-state index in [1.807, 2.05) is 77.5 Å². The van der Waals surface area contributed by atoms with Gasteiger partial charge in [-0.1, -0.05) is 67.5 Å².